The Kier molecular flexibility index (Phi) is 5.48. The van der Waals surface area contributed by atoms with Gasteiger partial charge in [0.15, 0.2) is 0 Å². The van der Waals surface area contributed by atoms with Crippen molar-refractivity contribution in [3.05, 3.63) is 90.1 Å². The molecule has 2 amide bonds. The number of rotatable bonds is 5. The van der Waals surface area contributed by atoms with Gasteiger partial charge in [-0.1, -0.05) is 36.4 Å². The third-order valence-electron chi connectivity index (χ3n) is 5.42. The Morgan fingerprint density at radius 3 is 2.60 bits per heavy atom. The van der Waals surface area contributed by atoms with Gasteiger partial charge in [0, 0.05) is 31.2 Å². The van der Waals surface area contributed by atoms with Gasteiger partial charge in [0.1, 0.15) is 0 Å². The molecule has 0 aliphatic carbocycles. The van der Waals surface area contributed by atoms with Crippen LogP contribution < -0.4 is 5.32 Å². The highest BCUT2D eigenvalue weighted by molar-refractivity contribution is 5.82. The van der Waals surface area contributed by atoms with Crippen LogP contribution in [0.3, 0.4) is 0 Å². The van der Waals surface area contributed by atoms with Gasteiger partial charge in [0.2, 0.25) is 11.8 Å². The Morgan fingerprint density at radius 1 is 1.13 bits per heavy atom. The van der Waals surface area contributed by atoms with Gasteiger partial charge in [-0.25, -0.2) is 4.98 Å². The average molecular weight is 400 g/mol. The topological polar surface area (TPSA) is 67.2 Å². The smallest absolute Gasteiger partial charge is 0.223 e. The van der Waals surface area contributed by atoms with E-state index in [9.17, 15) is 9.59 Å². The standard InChI is InChI=1S/C24H24N4O2/c1-17(19-7-9-21(10-8-19)27-14-12-25-16-27)26-24(30)15-23-22-6-4-3-5-20(22)11-13-28(23)18(2)29/h3-14,16-17,23H,15H2,1-2H3,(H,26,30)/t17-,23-/m0/s1. The molecule has 2 atom stereocenters. The fraction of sp³-hybridized carbons (Fsp3) is 0.208. The molecule has 0 spiro atoms. The monoisotopic (exact) mass is 400 g/mol. The summed E-state index contributed by atoms with van der Waals surface area (Å²) in [5, 5.41) is 3.07. The molecule has 2 heterocycles. The molecule has 4 rings (SSSR count). The van der Waals surface area contributed by atoms with Crippen LogP contribution in [0, 0.1) is 0 Å². The highest BCUT2D eigenvalue weighted by Crippen LogP contribution is 2.33. The summed E-state index contributed by atoms with van der Waals surface area (Å²) < 4.78 is 1.93. The summed E-state index contributed by atoms with van der Waals surface area (Å²) in [5.41, 5.74) is 4.05. The number of imidazole rings is 1. The van der Waals surface area contributed by atoms with Gasteiger partial charge in [-0.3, -0.25) is 9.59 Å². The molecule has 1 N–H and O–H groups in total. The molecule has 0 saturated carbocycles. The summed E-state index contributed by atoms with van der Waals surface area (Å²) >= 11 is 0. The molecule has 0 bridgehead atoms. The first-order chi connectivity index (χ1) is 14.5. The molecule has 0 unspecified atom stereocenters. The van der Waals surface area contributed by atoms with Gasteiger partial charge in [-0.15, -0.1) is 0 Å². The van der Waals surface area contributed by atoms with Crippen molar-refractivity contribution >= 4 is 17.9 Å². The lowest BCUT2D eigenvalue weighted by molar-refractivity contribution is -0.130. The minimum Gasteiger partial charge on any atom is -0.350 e. The van der Waals surface area contributed by atoms with Crippen molar-refractivity contribution in [2.24, 2.45) is 0 Å². The molecule has 0 saturated heterocycles. The van der Waals surface area contributed by atoms with E-state index in [1.165, 1.54) is 6.92 Å². The van der Waals surface area contributed by atoms with Crippen molar-refractivity contribution in [2.75, 3.05) is 0 Å². The molecule has 1 aliphatic rings. The van der Waals surface area contributed by atoms with Gasteiger partial charge in [-0.05, 0) is 41.8 Å². The summed E-state index contributed by atoms with van der Waals surface area (Å²) in [7, 11) is 0. The number of carbonyl (C=O) groups excluding carboxylic acids is 2. The second kappa shape index (κ2) is 8.37. The van der Waals surface area contributed by atoms with Crippen molar-refractivity contribution in [3.8, 4) is 5.69 Å². The predicted molar refractivity (Wildman–Crippen MR) is 115 cm³/mol. The Bertz CT molecular complexity index is 1070. The highest BCUT2D eigenvalue weighted by atomic mass is 16.2. The van der Waals surface area contributed by atoms with Gasteiger partial charge < -0.3 is 14.8 Å². The Morgan fingerprint density at radius 2 is 1.90 bits per heavy atom. The maximum Gasteiger partial charge on any atom is 0.223 e. The van der Waals surface area contributed by atoms with Crippen LogP contribution in [0.2, 0.25) is 0 Å². The van der Waals surface area contributed by atoms with Gasteiger partial charge in [0.05, 0.1) is 24.8 Å². The SMILES string of the molecule is CC(=O)N1C=Cc2ccccc2[C@@H]1CC(=O)N[C@@H](C)c1ccc(-n2ccnc2)cc1. The van der Waals surface area contributed by atoms with Crippen LogP contribution in [-0.4, -0.2) is 26.3 Å². The molecule has 152 valence electrons. The minimum atomic E-state index is -0.306. The number of benzene rings is 2. The van der Waals surface area contributed by atoms with Crippen LogP contribution in [0.15, 0.2) is 73.5 Å². The first-order valence-electron chi connectivity index (χ1n) is 9.96. The minimum absolute atomic E-state index is 0.0818. The lowest BCUT2D eigenvalue weighted by atomic mass is 9.93. The largest absolute Gasteiger partial charge is 0.350 e. The molecular formula is C24H24N4O2. The van der Waals surface area contributed by atoms with E-state index in [2.05, 4.69) is 10.3 Å². The van der Waals surface area contributed by atoms with Crippen molar-refractivity contribution in [3.63, 3.8) is 0 Å². The van der Waals surface area contributed by atoms with E-state index < -0.39 is 0 Å². The zero-order valence-corrected chi connectivity index (χ0v) is 17.0. The zero-order chi connectivity index (χ0) is 21.1. The summed E-state index contributed by atoms with van der Waals surface area (Å²) in [5.74, 6) is -0.177. The fourth-order valence-electron chi connectivity index (χ4n) is 3.82. The third-order valence-corrected chi connectivity index (χ3v) is 5.42. The van der Waals surface area contributed by atoms with E-state index in [4.69, 9.17) is 0 Å². The molecule has 6 nitrogen and oxygen atoms in total. The number of hydrogen-bond donors (Lipinski definition) is 1. The highest BCUT2D eigenvalue weighted by Gasteiger charge is 2.28. The normalized spacial score (nSPS) is 16.1. The van der Waals surface area contributed by atoms with Crippen LogP contribution in [0.25, 0.3) is 11.8 Å². The van der Waals surface area contributed by atoms with Crippen molar-refractivity contribution in [1.82, 2.24) is 19.8 Å². The van der Waals surface area contributed by atoms with Gasteiger partial charge in [0.25, 0.3) is 0 Å². The lowest BCUT2D eigenvalue weighted by Crippen LogP contribution is -2.36. The molecule has 3 aromatic rings. The first-order valence-corrected chi connectivity index (χ1v) is 9.96. The Balaban J connectivity index is 1.45. The molecule has 0 radical (unpaired) electrons. The van der Waals surface area contributed by atoms with Crippen LogP contribution in [0.5, 0.6) is 0 Å². The maximum atomic E-state index is 12.8. The first kappa shape index (κ1) is 19.6. The molecule has 6 heteroatoms. The molecule has 30 heavy (non-hydrogen) atoms. The van der Waals surface area contributed by atoms with Crippen LogP contribution >= 0.6 is 0 Å². The second-order valence-corrected chi connectivity index (χ2v) is 7.44. The predicted octanol–water partition coefficient (Wildman–Crippen LogP) is 4.01. The van der Waals surface area contributed by atoms with Crippen LogP contribution in [0.1, 0.15) is 49.0 Å². The number of nitrogens with one attached hydrogen (secondary N) is 1. The summed E-state index contributed by atoms with van der Waals surface area (Å²) in [6.07, 6.45) is 9.25. The van der Waals surface area contributed by atoms with Crippen LogP contribution in [0.4, 0.5) is 0 Å². The fourth-order valence-corrected chi connectivity index (χ4v) is 3.82. The number of carbonyl (C=O) groups is 2. The summed E-state index contributed by atoms with van der Waals surface area (Å²) in [6.45, 7) is 3.48. The van der Waals surface area contributed by atoms with Crippen molar-refractivity contribution in [2.45, 2.75) is 32.4 Å². The van der Waals surface area contributed by atoms with Gasteiger partial charge in [-0.2, -0.15) is 0 Å². The van der Waals surface area contributed by atoms with Crippen molar-refractivity contribution < 1.29 is 9.59 Å². The molecule has 1 aromatic heterocycles. The molecule has 1 aliphatic heterocycles. The number of hydrogen-bond acceptors (Lipinski definition) is 3. The number of nitrogens with zero attached hydrogens (tertiary/aromatic N) is 3. The summed E-state index contributed by atoms with van der Waals surface area (Å²) in [4.78, 5) is 30.6. The van der Waals surface area contributed by atoms with Gasteiger partial charge >= 0.3 is 0 Å². The van der Waals surface area contributed by atoms with E-state index in [0.29, 0.717) is 0 Å². The maximum absolute atomic E-state index is 12.8. The van der Waals surface area contributed by atoms with E-state index in [-0.39, 0.29) is 30.3 Å². The van der Waals surface area contributed by atoms with E-state index in [1.54, 1.807) is 23.6 Å². The quantitative estimate of drug-likeness (QED) is 0.704. The van der Waals surface area contributed by atoms with E-state index in [0.717, 1.165) is 22.4 Å². The molecular weight excluding hydrogens is 376 g/mol. The van der Waals surface area contributed by atoms with Crippen LogP contribution in [-0.2, 0) is 9.59 Å². The van der Waals surface area contributed by atoms with E-state index in [1.807, 2.05) is 72.3 Å². The third kappa shape index (κ3) is 4.03. The number of aromatic nitrogens is 2. The zero-order valence-electron chi connectivity index (χ0n) is 17.0. The second-order valence-electron chi connectivity index (χ2n) is 7.44. The van der Waals surface area contributed by atoms with Crippen molar-refractivity contribution in [1.29, 1.82) is 0 Å². The summed E-state index contributed by atoms with van der Waals surface area (Å²) in [6, 6.07) is 15.4. The Hall–Kier alpha value is -3.67. The average Bonchev–Trinajstić information content (AvgIpc) is 3.28. The Labute approximate surface area is 175 Å². The van der Waals surface area contributed by atoms with E-state index >= 15 is 0 Å². The number of fused-ring (bicyclic) bond motifs is 1. The molecule has 0 fully saturated rings. The number of amides is 2. The molecule has 2 aromatic carbocycles. The lowest BCUT2D eigenvalue weighted by Gasteiger charge is -2.32.